The minimum Gasteiger partial charge on any atom is -0.396 e. The van der Waals surface area contributed by atoms with Gasteiger partial charge in [0.15, 0.2) is 0 Å². The minimum absolute atomic E-state index is 0.0635. The number of hydrogen-bond acceptors (Lipinski definition) is 3. The van der Waals surface area contributed by atoms with Crippen LogP contribution in [0.3, 0.4) is 0 Å². The van der Waals surface area contributed by atoms with Gasteiger partial charge in [-0.05, 0) is 18.8 Å². The van der Waals surface area contributed by atoms with Crippen molar-refractivity contribution in [3.8, 4) is 0 Å². The van der Waals surface area contributed by atoms with Crippen LogP contribution in [-0.4, -0.2) is 41.7 Å². The van der Waals surface area contributed by atoms with Gasteiger partial charge in [-0.2, -0.15) is 0 Å². The SMILES string of the molecule is NC(CCO)CN1CC2CC2C1=O. The maximum atomic E-state index is 11.5. The average molecular weight is 184 g/mol. The van der Waals surface area contributed by atoms with Crippen molar-refractivity contribution in [2.75, 3.05) is 19.7 Å². The third-order valence-electron chi connectivity index (χ3n) is 2.96. The van der Waals surface area contributed by atoms with Crippen molar-refractivity contribution in [2.24, 2.45) is 17.6 Å². The van der Waals surface area contributed by atoms with Crippen LogP contribution in [0.1, 0.15) is 12.8 Å². The predicted molar refractivity (Wildman–Crippen MR) is 47.9 cm³/mol. The summed E-state index contributed by atoms with van der Waals surface area (Å²) in [5, 5.41) is 8.65. The molecule has 4 heteroatoms. The van der Waals surface area contributed by atoms with Gasteiger partial charge in [-0.25, -0.2) is 0 Å². The summed E-state index contributed by atoms with van der Waals surface area (Å²) in [7, 11) is 0. The molecule has 1 saturated carbocycles. The summed E-state index contributed by atoms with van der Waals surface area (Å²) in [6.45, 7) is 1.62. The zero-order valence-electron chi connectivity index (χ0n) is 7.65. The van der Waals surface area contributed by atoms with Crippen molar-refractivity contribution in [3.63, 3.8) is 0 Å². The Hall–Kier alpha value is -0.610. The highest BCUT2D eigenvalue weighted by Crippen LogP contribution is 2.45. The predicted octanol–water partition coefficient (Wildman–Crippen LogP) is -0.826. The molecular formula is C9H16N2O2. The molecule has 3 atom stereocenters. The van der Waals surface area contributed by atoms with Gasteiger partial charge in [0.2, 0.25) is 5.91 Å². The Morgan fingerprint density at radius 3 is 3.00 bits per heavy atom. The minimum atomic E-state index is -0.0635. The van der Waals surface area contributed by atoms with Gasteiger partial charge < -0.3 is 15.7 Å². The molecule has 0 aromatic heterocycles. The largest absolute Gasteiger partial charge is 0.396 e. The summed E-state index contributed by atoms with van der Waals surface area (Å²) >= 11 is 0. The first kappa shape index (κ1) is 8.97. The van der Waals surface area contributed by atoms with Crippen molar-refractivity contribution >= 4 is 5.91 Å². The van der Waals surface area contributed by atoms with E-state index in [-0.39, 0.29) is 18.6 Å². The van der Waals surface area contributed by atoms with Crippen molar-refractivity contribution in [2.45, 2.75) is 18.9 Å². The Kier molecular flexibility index (Phi) is 2.26. The van der Waals surface area contributed by atoms with E-state index in [1.165, 1.54) is 0 Å². The molecule has 1 aliphatic heterocycles. The standard InChI is InChI=1S/C9H16N2O2/c10-7(1-2-12)5-11-4-6-3-8(6)9(11)13/h6-8,12H,1-5,10H2. The van der Waals surface area contributed by atoms with E-state index in [9.17, 15) is 4.79 Å². The quantitative estimate of drug-likeness (QED) is 0.599. The lowest BCUT2D eigenvalue weighted by atomic mass is 10.2. The third-order valence-corrected chi connectivity index (χ3v) is 2.96. The summed E-state index contributed by atoms with van der Waals surface area (Å²) in [6.07, 6.45) is 1.67. The Bertz CT molecular complexity index is 220. The number of aliphatic hydroxyl groups is 1. The first-order valence-corrected chi connectivity index (χ1v) is 4.87. The molecule has 1 saturated heterocycles. The normalized spacial score (nSPS) is 33.4. The summed E-state index contributed by atoms with van der Waals surface area (Å²) < 4.78 is 0. The summed E-state index contributed by atoms with van der Waals surface area (Å²) in [5.41, 5.74) is 5.73. The maximum Gasteiger partial charge on any atom is 0.226 e. The molecule has 0 spiro atoms. The molecule has 13 heavy (non-hydrogen) atoms. The van der Waals surface area contributed by atoms with Crippen molar-refractivity contribution in [1.29, 1.82) is 0 Å². The van der Waals surface area contributed by atoms with Crippen LogP contribution in [0.4, 0.5) is 0 Å². The second-order valence-electron chi connectivity index (χ2n) is 4.12. The Balaban J connectivity index is 1.79. The molecule has 1 amide bonds. The fraction of sp³-hybridized carbons (Fsp3) is 0.889. The second kappa shape index (κ2) is 3.27. The number of rotatable bonds is 4. The van der Waals surface area contributed by atoms with E-state index in [0.717, 1.165) is 13.0 Å². The van der Waals surface area contributed by atoms with Crippen LogP contribution in [0.2, 0.25) is 0 Å². The van der Waals surface area contributed by atoms with Gasteiger partial charge >= 0.3 is 0 Å². The summed E-state index contributed by atoms with van der Waals surface area (Å²) in [4.78, 5) is 13.3. The zero-order chi connectivity index (χ0) is 9.42. The van der Waals surface area contributed by atoms with E-state index >= 15 is 0 Å². The van der Waals surface area contributed by atoms with Crippen molar-refractivity contribution in [1.82, 2.24) is 4.90 Å². The number of hydrogen-bond donors (Lipinski definition) is 2. The molecule has 74 valence electrons. The fourth-order valence-electron chi connectivity index (χ4n) is 2.06. The highest BCUT2D eigenvalue weighted by Gasteiger charge is 2.51. The van der Waals surface area contributed by atoms with Gasteiger partial charge in [0.1, 0.15) is 0 Å². The Morgan fingerprint density at radius 1 is 1.69 bits per heavy atom. The molecule has 3 unspecified atom stereocenters. The lowest BCUT2D eigenvalue weighted by molar-refractivity contribution is -0.130. The number of piperidine rings is 1. The van der Waals surface area contributed by atoms with Crippen LogP contribution in [0.25, 0.3) is 0 Å². The number of carbonyl (C=O) groups is 1. The monoisotopic (exact) mass is 184 g/mol. The molecular weight excluding hydrogens is 168 g/mol. The number of likely N-dealkylation sites (tertiary alicyclic amines) is 1. The Morgan fingerprint density at radius 2 is 2.46 bits per heavy atom. The third kappa shape index (κ3) is 1.69. The van der Waals surface area contributed by atoms with Crippen LogP contribution in [0, 0.1) is 11.8 Å². The van der Waals surface area contributed by atoms with Crippen LogP contribution in [0.5, 0.6) is 0 Å². The van der Waals surface area contributed by atoms with Crippen LogP contribution in [0.15, 0.2) is 0 Å². The number of nitrogens with zero attached hydrogens (tertiary/aromatic N) is 1. The van der Waals surface area contributed by atoms with Gasteiger partial charge in [-0.1, -0.05) is 0 Å². The molecule has 2 fully saturated rings. The molecule has 0 bridgehead atoms. The number of carbonyl (C=O) groups excluding carboxylic acids is 1. The van der Waals surface area contributed by atoms with E-state index in [4.69, 9.17) is 10.8 Å². The molecule has 3 N–H and O–H groups in total. The number of amides is 1. The first-order chi connectivity index (χ1) is 6.22. The molecule has 4 nitrogen and oxygen atoms in total. The molecule has 0 aromatic carbocycles. The Labute approximate surface area is 77.7 Å². The summed E-state index contributed by atoms with van der Waals surface area (Å²) in [5.74, 6) is 1.22. The van der Waals surface area contributed by atoms with E-state index in [1.807, 2.05) is 4.90 Å². The number of fused-ring (bicyclic) bond motifs is 1. The maximum absolute atomic E-state index is 11.5. The van der Waals surface area contributed by atoms with Gasteiger partial charge in [-0.15, -0.1) is 0 Å². The zero-order valence-corrected chi connectivity index (χ0v) is 7.65. The second-order valence-corrected chi connectivity index (χ2v) is 4.12. The van der Waals surface area contributed by atoms with Gasteiger partial charge in [0, 0.05) is 31.7 Å². The van der Waals surface area contributed by atoms with Crippen molar-refractivity contribution in [3.05, 3.63) is 0 Å². The lowest BCUT2D eigenvalue weighted by Gasteiger charge is -2.21. The van der Waals surface area contributed by atoms with Gasteiger partial charge in [0.25, 0.3) is 0 Å². The highest BCUT2D eigenvalue weighted by atomic mass is 16.3. The molecule has 2 aliphatic rings. The van der Waals surface area contributed by atoms with E-state index in [1.54, 1.807) is 0 Å². The molecule has 1 aliphatic carbocycles. The smallest absolute Gasteiger partial charge is 0.226 e. The van der Waals surface area contributed by atoms with E-state index in [2.05, 4.69) is 0 Å². The van der Waals surface area contributed by atoms with Crippen LogP contribution >= 0.6 is 0 Å². The topological polar surface area (TPSA) is 66.6 Å². The fourth-order valence-corrected chi connectivity index (χ4v) is 2.06. The van der Waals surface area contributed by atoms with Crippen LogP contribution < -0.4 is 5.73 Å². The molecule has 0 aromatic rings. The molecule has 0 radical (unpaired) electrons. The number of nitrogens with two attached hydrogens (primary N) is 1. The highest BCUT2D eigenvalue weighted by molar-refractivity contribution is 5.84. The van der Waals surface area contributed by atoms with Crippen LogP contribution in [-0.2, 0) is 4.79 Å². The van der Waals surface area contributed by atoms with Crippen molar-refractivity contribution < 1.29 is 9.90 Å². The van der Waals surface area contributed by atoms with Gasteiger partial charge in [-0.3, -0.25) is 4.79 Å². The first-order valence-electron chi connectivity index (χ1n) is 4.87. The lowest BCUT2D eigenvalue weighted by Crippen LogP contribution is -2.40. The van der Waals surface area contributed by atoms with E-state index in [0.29, 0.717) is 24.8 Å². The average Bonchev–Trinajstić information content (AvgIpc) is 2.76. The summed E-state index contributed by atoms with van der Waals surface area (Å²) in [6, 6.07) is -0.0635. The molecule has 2 rings (SSSR count). The van der Waals surface area contributed by atoms with Gasteiger partial charge in [0.05, 0.1) is 0 Å². The molecule has 1 heterocycles. The van der Waals surface area contributed by atoms with E-state index < -0.39 is 0 Å². The number of aliphatic hydroxyl groups excluding tert-OH is 1.